The number of likely N-dealkylation sites (N-methyl/N-ethyl adjacent to an activating group) is 2. The molecule has 90 valence electrons. The van der Waals surface area contributed by atoms with E-state index in [1.165, 1.54) is 0 Å². The Hall–Kier alpha value is -0.200. The number of ether oxygens (including phenoxy) is 1. The van der Waals surface area contributed by atoms with Crippen LogP contribution in [-0.2, 0) is 4.74 Å². The van der Waals surface area contributed by atoms with Crippen LogP contribution in [0.15, 0.2) is 0 Å². The molecule has 1 heterocycles. The van der Waals surface area contributed by atoms with E-state index in [0.29, 0.717) is 13.1 Å². The maximum Gasteiger partial charge on any atom is 0.110 e. The molecular weight excluding hydrogens is 196 g/mol. The zero-order valence-corrected chi connectivity index (χ0v) is 9.92. The second kappa shape index (κ2) is 5.23. The molecule has 0 radical (unpaired) electrons. The van der Waals surface area contributed by atoms with Crippen LogP contribution in [0.25, 0.3) is 0 Å². The van der Waals surface area contributed by atoms with Crippen LogP contribution in [0.2, 0.25) is 0 Å². The maximum absolute atomic E-state index is 9.77. The molecule has 0 aromatic heterocycles. The van der Waals surface area contributed by atoms with Gasteiger partial charge in [-0.2, -0.15) is 0 Å². The lowest BCUT2D eigenvalue weighted by Crippen LogP contribution is -2.39. The van der Waals surface area contributed by atoms with Crippen molar-refractivity contribution in [1.29, 1.82) is 0 Å². The molecule has 1 aliphatic rings. The topological polar surface area (TPSA) is 56.2 Å². The van der Waals surface area contributed by atoms with Crippen molar-refractivity contribution in [2.45, 2.75) is 24.4 Å². The SMILES string of the molecule is CN(C)C[C@@H]1O[C@@H](CN(C)C)[C@@H](O)[C@@H]1O. The largest absolute Gasteiger partial charge is 0.388 e. The zero-order chi connectivity index (χ0) is 11.6. The molecule has 0 bridgehead atoms. The molecule has 2 N–H and O–H groups in total. The standard InChI is InChI=1S/C10H22N2O3/c1-11(2)5-7-9(13)10(14)8(15-7)6-12(3)4/h7-10,13-14H,5-6H2,1-4H3/t7-,8-,9+,10+/m0/s1. The first-order valence-corrected chi connectivity index (χ1v) is 5.23. The summed E-state index contributed by atoms with van der Waals surface area (Å²) in [6.45, 7) is 1.25. The van der Waals surface area contributed by atoms with Crippen LogP contribution >= 0.6 is 0 Å². The highest BCUT2D eigenvalue weighted by Crippen LogP contribution is 2.22. The van der Waals surface area contributed by atoms with Gasteiger partial charge in [0.05, 0.1) is 12.2 Å². The van der Waals surface area contributed by atoms with Crippen LogP contribution in [0.4, 0.5) is 0 Å². The number of hydrogen-bond acceptors (Lipinski definition) is 5. The minimum atomic E-state index is -0.780. The van der Waals surface area contributed by atoms with E-state index in [4.69, 9.17) is 4.74 Å². The molecule has 0 unspecified atom stereocenters. The highest BCUT2D eigenvalue weighted by molar-refractivity contribution is 4.92. The second-order valence-corrected chi connectivity index (χ2v) is 4.72. The van der Waals surface area contributed by atoms with Crippen molar-refractivity contribution >= 4 is 0 Å². The lowest BCUT2D eigenvalue weighted by molar-refractivity contribution is -0.0126. The Morgan fingerprint density at radius 3 is 1.47 bits per heavy atom. The Labute approximate surface area is 91.2 Å². The van der Waals surface area contributed by atoms with Gasteiger partial charge in [-0.15, -0.1) is 0 Å². The fourth-order valence-electron chi connectivity index (χ4n) is 1.85. The number of aliphatic hydroxyl groups excluding tert-OH is 2. The molecule has 0 aliphatic carbocycles. The van der Waals surface area contributed by atoms with E-state index in [0.717, 1.165) is 0 Å². The third-order valence-electron chi connectivity index (χ3n) is 2.55. The molecule has 15 heavy (non-hydrogen) atoms. The van der Waals surface area contributed by atoms with E-state index in [-0.39, 0.29) is 12.2 Å². The Balaban J connectivity index is 2.51. The summed E-state index contributed by atoms with van der Waals surface area (Å²) in [4.78, 5) is 3.89. The summed E-state index contributed by atoms with van der Waals surface area (Å²) < 4.78 is 5.62. The number of aliphatic hydroxyl groups is 2. The van der Waals surface area contributed by atoms with Gasteiger partial charge in [0.1, 0.15) is 12.2 Å². The quantitative estimate of drug-likeness (QED) is 0.608. The van der Waals surface area contributed by atoms with Crippen molar-refractivity contribution in [1.82, 2.24) is 9.80 Å². The van der Waals surface area contributed by atoms with Gasteiger partial charge >= 0.3 is 0 Å². The van der Waals surface area contributed by atoms with Gasteiger partial charge in [-0.1, -0.05) is 0 Å². The zero-order valence-electron chi connectivity index (χ0n) is 9.92. The van der Waals surface area contributed by atoms with Gasteiger partial charge in [-0.3, -0.25) is 0 Å². The molecule has 1 saturated heterocycles. The molecule has 1 fully saturated rings. The number of rotatable bonds is 4. The molecule has 0 spiro atoms. The van der Waals surface area contributed by atoms with E-state index in [1.807, 2.05) is 38.0 Å². The Kier molecular flexibility index (Phi) is 4.48. The molecule has 5 heteroatoms. The summed E-state index contributed by atoms with van der Waals surface area (Å²) in [7, 11) is 7.67. The Morgan fingerprint density at radius 1 is 0.867 bits per heavy atom. The summed E-state index contributed by atoms with van der Waals surface area (Å²) in [6, 6.07) is 0. The molecule has 1 rings (SSSR count). The van der Waals surface area contributed by atoms with Crippen LogP contribution < -0.4 is 0 Å². The van der Waals surface area contributed by atoms with Gasteiger partial charge in [0.25, 0.3) is 0 Å². The van der Waals surface area contributed by atoms with Crippen molar-refractivity contribution in [2.24, 2.45) is 0 Å². The molecule has 0 aromatic carbocycles. The van der Waals surface area contributed by atoms with Crippen molar-refractivity contribution in [3.8, 4) is 0 Å². The van der Waals surface area contributed by atoms with E-state index < -0.39 is 12.2 Å². The minimum absolute atomic E-state index is 0.292. The van der Waals surface area contributed by atoms with E-state index in [2.05, 4.69) is 0 Å². The molecule has 4 atom stereocenters. The van der Waals surface area contributed by atoms with Crippen LogP contribution in [0.3, 0.4) is 0 Å². The van der Waals surface area contributed by atoms with Crippen LogP contribution in [0.5, 0.6) is 0 Å². The first-order chi connectivity index (χ1) is 6.91. The summed E-state index contributed by atoms with van der Waals surface area (Å²) in [5.41, 5.74) is 0. The van der Waals surface area contributed by atoms with E-state index in [9.17, 15) is 10.2 Å². The van der Waals surface area contributed by atoms with Crippen molar-refractivity contribution in [2.75, 3.05) is 41.3 Å². The van der Waals surface area contributed by atoms with Crippen molar-refractivity contribution in [3.05, 3.63) is 0 Å². The maximum atomic E-state index is 9.77. The first kappa shape index (κ1) is 12.9. The third kappa shape index (κ3) is 3.39. The van der Waals surface area contributed by atoms with Gasteiger partial charge in [-0.05, 0) is 28.2 Å². The average Bonchev–Trinajstić information content (AvgIpc) is 2.32. The predicted molar refractivity (Wildman–Crippen MR) is 57.8 cm³/mol. The van der Waals surface area contributed by atoms with Gasteiger partial charge in [0, 0.05) is 13.1 Å². The smallest absolute Gasteiger partial charge is 0.110 e. The molecule has 5 nitrogen and oxygen atoms in total. The van der Waals surface area contributed by atoms with Gasteiger partial charge in [0.15, 0.2) is 0 Å². The van der Waals surface area contributed by atoms with Gasteiger partial charge in [0.2, 0.25) is 0 Å². The molecular formula is C10H22N2O3. The first-order valence-electron chi connectivity index (χ1n) is 5.23. The van der Waals surface area contributed by atoms with E-state index >= 15 is 0 Å². The average molecular weight is 218 g/mol. The summed E-state index contributed by atoms with van der Waals surface area (Å²) in [5.74, 6) is 0. The third-order valence-corrected chi connectivity index (χ3v) is 2.55. The van der Waals surface area contributed by atoms with Gasteiger partial charge < -0.3 is 24.7 Å². The monoisotopic (exact) mass is 218 g/mol. The molecule has 0 saturated carbocycles. The minimum Gasteiger partial charge on any atom is -0.388 e. The second-order valence-electron chi connectivity index (χ2n) is 4.72. The fourth-order valence-corrected chi connectivity index (χ4v) is 1.85. The number of nitrogens with zero attached hydrogens (tertiary/aromatic N) is 2. The predicted octanol–water partition coefficient (Wildman–Crippen LogP) is -1.40. The Morgan fingerprint density at radius 2 is 1.20 bits per heavy atom. The normalized spacial score (nSPS) is 36.8. The van der Waals surface area contributed by atoms with Crippen molar-refractivity contribution < 1.29 is 14.9 Å². The van der Waals surface area contributed by atoms with E-state index in [1.54, 1.807) is 0 Å². The van der Waals surface area contributed by atoms with Crippen LogP contribution in [0, 0.1) is 0 Å². The Bertz CT molecular complexity index is 179. The lowest BCUT2D eigenvalue weighted by Gasteiger charge is -2.19. The van der Waals surface area contributed by atoms with Crippen LogP contribution in [0.1, 0.15) is 0 Å². The highest BCUT2D eigenvalue weighted by atomic mass is 16.5. The molecule has 1 aliphatic heterocycles. The van der Waals surface area contributed by atoms with Crippen LogP contribution in [-0.4, -0.2) is 85.7 Å². The lowest BCUT2D eigenvalue weighted by atomic mass is 10.1. The fraction of sp³-hybridized carbons (Fsp3) is 1.00. The summed E-state index contributed by atoms with van der Waals surface area (Å²) in [6.07, 6.45) is -2.14. The van der Waals surface area contributed by atoms with Gasteiger partial charge in [-0.25, -0.2) is 0 Å². The van der Waals surface area contributed by atoms with Crippen molar-refractivity contribution in [3.63, 3.8) is 0 Å². The molecule has 0 aromatic rings. The number of hydrogen-bond donors (Lipinski definition) is 2. The summed E-state index contributed by atoms with van der Waals surface area (Å²) in [5, 5.41) is 19.5. The highest BCUT2D eigenvalue weighted by Gasteiger charge is 2.42. The summed E-state index contributed by atoms with van der Waals surface area (Å²) >= 11 is 0. The molecule has 0 amide bonds.